The predicted molar refractivity (Wildman–Crippen MR) is 151 cm³/mol. The van der Waals surface area contributed by atoms with Gasteiger partial charge < -0.3 is 10.2 Å². The summed E-state index contributed by atoms with van der Waals surface area (Å²) in [5.41, 5.74) is 2.30. The molecule has 7 nitrogen and oxygen atoms in total. The van der Waals surface area contributed by atoms with Crippen LogP contribution in [0.15, 0.2) is 89.8 Å². The number of carbonyl (C=O) groups excluding carboxylic acids is 2. The van der Waals surface area contributed by atoms with E-state index in [1.807, 2.05) is 57.2 Å². The maximum atomic E-state index is 13.9. The van der Waals surface area contributed by atoms with E-state index in [0.29, 0.717) is 25.1 Å². The predicted octanol–water partition coefficient (Wildman–Crippen LogP) is 4.57. The number of hydrogen-bond donors (Lipinski definition) is 1. The minimum atomic E-state index is -4.05. The summed E-state index contributed by atoms with van der Waals surface area (Å²) in [6.45, 7) is 6.07. The molecule has 0 radical (unpaired) electrons. The Balaban J connectivity index is 1.98. The van der Waals surface area contributed by atoms with Crippen LogP contribution in [0.4, 0.5) is 5.69 Å². The van der Waals surface area contributed by atoms with Crippen LogP contribution in [0.5, 0.6) is 0 Å². The molecule has 0 unspecified atom stereocenters. The molecule has 202 valence electrons. The zero-order valence-corrected chi connectivity index (χ0v) is 23.2. The average Bonchev–Trinajstić information content (AvgIpc) is 2.93. The van der Waals surface area contributed by atoms with Gasteiger partial charge in [0.15, 0.2) is 0 Å². The Labute approximate surface area is 226 Å². The van der Waals surface area contributed by atoms with Crippen LogP contribution in [-0.2, 0) is 26.0 Å². The van der Waals surface area contributed by atoms with Crippen molar-refractivity contribution >= 4 is 27.5 Å². The second kappa shape index (κ2) is 13.8. The van der Waals surface area contributed by atoms with Gasteiger partial charge in [-0.25, -0.2) is 8.42 Å². The SMILES string of the molecule is CCCNC(=O)[C@@H](CC)N(CCc1ccccc1)C(=O)CN(c1cccc(C)c1)S(=O)(=O)c1ccccc1. The van der Waals surface area contributed by atoms with Crippen molar-refractivity contribution in [2.45, 2.75) is 51.0 Å². The maximum Gasteiger partial charge on any atom is 0.264 e. The monoisotopic (exact) mass is 535 g/mol. The Morgan fingerprint density at radius 3 is 2.16 bits per heavy atom. The molecular weight excluding hydrogens is 498 g/mol. The summed E-state index contributed by atoms with van der Waals surface area (Å²) in [6.07, 6.45) is 1.72. The standard InChI is InChI=1S/C30H37N3O4S/c1-4-20-31-30(35)28(5-2)32(21-19-25-14-8-6-9-15-25)29(34)23-33(26-16-12-13-24(3)22-26)38(36,37)27-17-10-7-11-18-27/h6-18,22,28H,4-5,19-21,23H2,1-3H3,(H,31,35)/t28-/m1/s1. The van der Waals surface area contributed by atoms with Crippen molar-refractivity contribution < 1.29 is 18.0 Å². The first-order valence-corrected chi connectivity index (χ1v) is 14.5. The quantitative estimate of drug-likeness (QED) is 0.348. The number of sulfonamides is 1. The number of nitrogens with one attached hydrogen (secondary N) is 1. The Hall–Kier alpha value is -3.65. The van der Waals surface area contributed by atoms with Crippen molar-refractivity contribution in [3.63, 3.8) is 0 Å². The van der Waals surface area contributed by atoms with Crippen LogP contribution in [0.3, 0.4) is 0 Å². The second-order valence-electron chi connectivity index (χ2n) is 9.20. The Morgan fingerprint density at radius 1 is 0.895 bits per heavy atom. The van der Waals surface area contributed by atoms with E-state index >= 15 is 0 Å². The van der Waals surface area contributed by atoms with Gasteiger partial charge in [0.25, 0.3) is 10.0 Å². The summed E-state index contributed by atoms with van der Waals surface area (Å²) in [6, 6.07) is 24.2. The van der Waals surface area contributed by atoms with Crippen LogP contribution < -0.4 is 9.62 Å². The molecule has 38 heavy (non-hydrogen) atoms. The zero-order valence-electron chi connectivity index (χ0n) is 22.3. The summed E-state index contributed by atoms with van der Waals surface area (Å²) < 4.78 is 28.7. The third-order valence-corrected chi connectivity index (χ3v) is 8.11. The molecule has 1 atom stereocenters. The van der Waals surface area contributed by atoms with Crippen LogP contribution in [0.1, 0.15) is 37.8 Å². The van der Waals surface area contributed by atoms with E-state index in [0.717, 1.165) is 21.9 Å². The van der Waals surface area contributed by atoms with Crippen LogP contribution in [0, 0.1) is 6.92 Å². The fourth-order valence-corrected chi connectivity index (χ4v) is 5.72. The third kappa shape index (κ3) is 7.44. The summed E-state index contributed by atoms with van der Waals surface area (Å²) in [5.74, 6) is -0.663. The van der Waals surface area contributed by atoms with Gasteiger partial charge >= 0.3 is 0 Å². The van der Waals surface area contributed by atoms with Gasteiger partial charge in [-0.15, -0.1) is 0 Å². The summed E-state index contributed by atoms with van der Waals surface area (Å²) in [7, 11) is -4.05. The van der Waals surface area contributed by atoms with Crippen LogP contribution in [-0.4, -0.2) is 50.8 Å². The first kappa shape index (κ1) is 28.9. The number of benzene rings is 3. The number of anilines is 1. The van der Waals surface area contributed by atoms with Gasteiger partial charge in [0.2, 0.25) is 11.8 Å². The smallest absolute Gasteiger partial charge is 0.264 e. The summed E-state index contributed by atoms with van der Waals surface area (Å²) >= 11 is 0. The molecule has 0 fully saturated rings. The largest absolute Gasteiger partial charge is 0.354 e. The normalized spacial score (nSPS) is 12.0. The van der Waals surface area contributed by atoms with Gasteiger partial charge in [0.1, 0.15) is 12.6 Å². The molecule has 3 rings (SSSR count). The van der Waals surface area contributed by atoms with E-state index in [-0.39, 0.29) is 17.3 Å². The van der Waals surface area contributed by atoms with Gasteiger partial charge in [-0.3, -0.25) is 13.9 Å². The third-order valence-electron chi connectivity index (χ3n) is 6.32. The Bertz CT molecular complexity index is 1300. The second-order valence-corrected chi connectivity index (χ2v) is 11.1. The van der Waals surface area contributed by atoms with E-state index in [9.17, 15) is 18.0 Å². The van der Waals surface area contributed by atoms with Gasteiger partial charge in [-0.2, -0.15) is 0 Å². The molecule has 1 N–H and O–H groups in total. The highest BCUT2D eigenvalue weighted by Crippen LogP contribution is 2.25. The van der Waals surface area contributed by atoms with Crippen molar-refractivity contribution in [1.82, 2.24) is 10.2 Å². The molecule has 2 amide bonds. The maximum absolute atomic E-state index is 13.9. The van der Waals surface area contributed by atoms with Crippen molar-refractivity contribution in [2.24, 2.45) is 0 Å². The lowest BCUT2D eigenvalue weighted by atomic mass is 10.1. The minimum Gasteiger partial charge on any atom is -0.354 e. The average molecular weight is 536 g/mol. The molecule has 8 heteroatoms. The van der Waals surface area contributed by atoms with Gasteiger partial charge in [-0.05, 0) is 61.6 Å². The minimum absolute atomic E-state index is 0.0953. The van der Waals surface area contributed by atoms with Crippen LogP contribution in [0.25, 0.3) is 0 Å². The molecule has 0 aliphatic carbocycles. The summed E-state index contributed by atoms with van der Waals surface area (Å²) in [5, 5.41) is 2.90. The molecule has 0 heterocycles. The number of carbonyl (C=O) groups is 2. The number of aryl methyl sites for hydroxylation is 1. The molecule has 0 spiro atoms. The van der Waals surface area contributed by atoms with E-state index in [2.05, 4.69) is 5.32 Å². The molecule has 0 aliphatic heterocycles. The Morgan fingerprint density at radius 2 is 1.55 bits per heavy atom. The molecule has 0 bridgehead atoms. The van der Waals surface area contributed by atoms with Crippen LogP contribution >= 0.6 is 0 Å². The zero-order chi connectivity index (χ0) is 27.5. The van der Waals surface area contributed by atoms with Gasteiger partial charge in [0, 0.05) is 13.1 Å². The Kier molecular flexibility index (Phi) is 10.5. The molecule has 0 saturated carbocycles. The topological polar surface area (TPSA) is 86.8 Å². The van der Waals surface area contributed by atoms with Crippen LogP contribution in [0.2, 0.25) is 0 Å². The summed E-state index contributed by atoms with van der Waals surface area (Å²) in [4.78, 5) is 28.6. The van der Waals surface area contributed by atoms with Gasteiger partial charge in [-0.1, -0.05) is 74.5 Å². The first-order chi connectivity index (χ1) is 18.3. The number of amides is 2. The molecule has 3 aromatic rings. The highest BCUT2D eigenvalue weighted by Gasteiger charge is 2.33. The number of nitrogens with zero attached hydrogens (tertiary/aromatic N) is 2. The van der Waals surface area contributed by atoms with Crippen molar-refractivity contribution in [1.29, 1.82) is 0 Å². The van der Waals surface area contributed by atoms with Crippen molar-refractivity contribution in [3.8, 4) is 0 Å². The lowest BCUT2D eigenvalue weighted by molar-refractivity contribution is -0.139. The van der Waals surface area contributed by atoms with E-state index in [1.54, 1.807) is 36.4 Å². The van der Waals surface area contributed by atoms with E-state index in [4.69, 9.17) is 0 Å². The highest BCUT2D eigenvalue weighted by atomic mass is 32.2. The first-order valence-electron chi connectivity index (χ1n) is 13.0. The van der Waals surface area contributed by atoms with E-state index in [1.165, 1.54) is 17.0 Å². The van der Waals surface area contributed by atoms with Crippen molar-refractivity contribution in [2.75, 3.05) is 23.9 Å². The van der Waals surface area contributed by atoms with E-state index < -0.39 is 28.5 Å². The van der Waals surface area contributed by atoms with Gasteiger partial charge in [0.05, 0.1) is 10.6 Å². The number of hydrogen-bond acceptors (Lipinski definition) is 4. The fraction of sp³-hybridized carbons (Fsp3) is 0.333. The lowest BCUT2D eigenvalue weighted by Crippen LogP contribution is -2.53. The molecule has 0 aromatic heterocycles. The molecule has 0 saturated heterocycles. The highest BCUT2D eigenvalue weighted by molar-refractivity contribution is 7.92. The molecule has 3 aromatic carbocycles. The molecular formula is C30H37N3O4S. The van der Waals surface area contributed by atoms with Crippen molar-refractivity contribution in [3.05, 3.63) is 96.1 Å². The fourth-order valence-electron chi connectivity index (χ4n) is 4.29. The molecule has 0 aliphatic rings. The number of rotatable bonds is 13. The lowest BCUT2D eigenvalue weighted by Gasteiger charge is -2.33.